The van der Waals surface area contributed by atoms with E-state index in [2.05, 4.69) is 15.0 Å². The number of ether oxygens (including phenoxy) is 1. The van der Waals surface area contributed by atoms with Crippen molar-refractivity contribution >= 4 is 32.7 Å². The molecule has 11 heteroatoms. The van der Waals surface area contributed by atoms with Gasteiger partial charge in [0.2, 0.25) is 15.9 Å². The Bertz CT molecular complexity index is 1160. The molecule has 3 heterocycles. The number of carbonyl (C=O) groups is 1. The minimum atomic E-state index is -3.66. The van der Waals surface area contributed by atoms with E-state index in [0.29, 0.717) is 49.2 Å². The van der Waals surface area contributed by atoms with Crippen molar-refractivity contribution in [1.29, 1.82) is 0 Å². The molecule has 0 radical (unpaired) electrons. The van der Waals surface area contributed by atoms with E-state index in [0.717, 1.165) is 5.56 Å². The molecule has 0 saturated carbocycles. The smallest absolute Gasteiger partial charge is 0.234 e. The number of hydrogen-bond acceptors (Lipinski definition) is 7. The zero-order valence-electron chi connectivity index (χ0n) is 17.4. The normalized spacial score (nSPS) is 15.4. The maximum atomic E-state index is 12.8. The van der Waals surface area contributed by atoms with Crippen molar-refractivity contribution < 1.29 is 22.5 Å². The minimum absolute atomic E-state index is 0.0196. The number of sulfonamides is 1. The molecule has 0 aliphatic carbocycles. The lowest BCUT2D eigenvalue weighted by atomic mass is 9.99. The van der Waals surface area contributed by atoms with E-state index in [4.69, 9.17) is 9.26 Å². The molecule has 0 bridgehead atoms. The number of hydrogen-bond donors (Lipinski definition) is 1. The standard InChI is InChI=1S/C20H25N5O5S/c1-14(26)24-8-4-15(5-9-24)13-31(27,28)23-20-19-17(29-2)10-16(11-18(19)30-22-20)12-25-7-3-6-21-25/h3,6-7,10-11,15H,4-5,8-9,12-13H2,1-2H3,(H,22,23). The number of nitrogens with one attached hydrogen (secondary N) is 1. The lowest BCUT2D eigenvalue weighted by Gasteiger charge is -2.31. The van der Waals surface area contributed by atoms with Gasteiger partial charge in [-0.2, -0.15) is 5.10 Å². The molecule has 31 heavy (non-hydrogen) atoms. The van der Waals surface area contributed by atoms with Crippen LogP contribution in [0.5, 0.6) is 5.75 Å². The van der Waals surface area contributed by atoms with Crippen molar-refractivity contribution in [3.8, 4) is 5.75 Å². The first kappa shape index (κ1) is 21.2. The van der Waals surface area contributed by atoms with Crippen LogP contribution in [0.3, 0.4) is 0 Å². The highest BCUT2D eigenvalue weighted by atomic mass is 32.2. The molecule has 2 aromatic heterocycles. The molecule has 0 spiro atoms. The average Bonchev–Trinajstić information content (AvgIpc) is 3.37. The quantitative estimate of drug-likeness (QED) is 0.589. The van der Waals surface area contributed by atoms with Crippen LogP contribution in [0.1, 0.15) is 25.3 Å². The summed E-state index contributed by atoms with van der Waals surface area (Å²) in [4.78, 5) is 13.2. The third-order valence-electron chi connectivity index (χ3n) is 5.49. The summed E-state index contributed by atoms with van der Waals surface area (Å²) in [7, 11) is -2.14. The summed E-state index contributed by atoms with van der Waals surface area (Å²) in [6.45, 7) is 3.20. The number of carbonyl (C=O) groups excluding carboxylic acids is 1. The fourth-order valence-electron chi connectivity index (χ4n) is 3.91. The fourth-order valence-corrected chi connectivity index (χ4v) is 5.38. The van der Waals surface area contributed by atoms with E-state index in [1.807, 2.05) is 18.3 Å². The van der Waals surface area contributed by atoms with Crippen LogP contribution in [0.15, 0.2) is 35.1 Å². The van der Waals surface area contributed by atoms with Crippen molar-refractivity contribution in [2.75, 3.05) is 30.7 Å². The predicted molar refractivity (Wildman–Crippen MR) is 114 cm³/mol. The van der Waals surface area contributed by atoms with Gasteiger partial charge in [0, 0.05) is 32.4 Å². The van der Waals surface area contributed by atoms with Crippen LogP contribution in [0.4, 0.5) is 5.82 Å². The highest BCUT2D eigenvalue weighted by molar-refractivity contribution is 7.92. The minimum Gasteiger partial charge on any atom is -0.496 e. The number of anilines is 1. The number of methoxy groups -OCH3 is 1. The molecule has 1 N–H and O–H groups in total. The van der Waals surface area contributed by atoms with Crippen LogP contribution in [-0.4, -0.2) is 60.1 Å². The second kappa shape index (κ2) is 8.58. The van der Waals surface area contributed by atoms with Gasteiger partial charge in [-0.1, -0.05) is 5.16 Å². The molecule has 166 valence electrons. The van der Waals surface area contributed by atoms with Gasteiger partial charge in [0.05, 0.1) is 19.4 Å². The summed E-state index contributed by atoms with van der Waals surface area (Å²) >= 11 is 0. The Morgan fingerprint density at radius 2 is 2.10 bits per heavy atom. The Labute approximate surface area is 180 Å². The molecule has 1 aliphatic heterocycles. The molecule has 1 aromatic carbocycles. The first-order valence-electron chi connectivity index (χ1n) is 10.0. The van der Waals surface area contributed by atoms with Gasteiger partial charge in [0.25, 0.3) is 0 Å². The molecule has 4 rings (SSSR count). The Morgan fingerprint density at radius 3 is 2.74 bits per heavy atom. The number of rotatable bonds is 7. The Morgan fingerprint density at radius 1 is 1.32 bits per heavy atom. The number of nitrogens with zero attached hydrogens (tertiary/aromatic N) is 4. The summed E-state index contributed by atoms with van der Waals surface area (Å²) in [5.41, 5.74) is 1.31. The number of likely N-dealkylation sites (tertiary alicyclic amines) is 1. The van der Waals surface area contributed by atoms with Crippen molar-refractivity contribution in [1.82, 2.24) is 19.8 Å². The van der Waals surface area contributed by atoms with Crippen molar-refractivity contribution in [2.45, 2.75) is 26.3 Å². The lowest BCUT2D eigenvalue weighted by molar-refractivity contribution is -0.130. The molecule has 3 aromatic rings. The van der Waals surface area contributed by atoms with Crippen molar-refractivity contribution in [3.05, 3.63) is 36.2 Å². The van der Waals surface area contributed by atoms with Crippen molar-refractivity contribution in [3.63, 3.8) is 0 Å². The van der Waals surface area contributed by atoms with E-state index < -0.39 is 10.0 Å². The van der Waals surface area contributed by atoms with E-state index in [1.165, 1.54) is 14.0 Å². The van der Waals surface area contributed by atoms with Crippen LogP contribution in [-0.2, 0) is 21.4 Å². The molecule has 1 fully saturated rings. The Balaban J connectivity index is 1.51. The highest BCUT2D eigenvalue weighted by Gasteiger charge is 2.27. The van der Waals surface area contributed by atoms with Gasteiger partial charge in [0.15, 0.2) is 11.4 Å². The molecule has 1 saturated heterocycles. The first-order chi connectivity index (χ1) is 14.8. The number of fused-ring (bicyclic) bond motifs is 1. The van der Waals surface area contributed by atoms with Gasteiger partial charge in [-0.25, -0.2) is 8.42 Å². The third kappa shape index (κ3) is 4.82. The van der Waals surface area contributed by atoms with E-state index in [9.17, 15) is 13.2 Å². The van der Waals surface area contributed by atoms with Gasteiger partial charge in [-0.05, 0) is 42.5 Å². The van der Waals surface area contributed by atoms with Gasteiger partial charge in [0.1, 0.15) is 11.1 Å². The summed E-state index contributed by atoms with van der Waals surface area (Å²) in [6, 6.07) is 5.44. The van der Waals surface area contributed by atoms with Crippen LogP contribution < -0.4 is 9.46 Å². The van der Waals surface area contributed by atoms with Gasteiger partial charge >= 0.3 is 0 Å². The highest BCUT2D eigenvalue weighted by Crippen LogP contribution is 2.34. The summed E-state index contributed by atoms with van der Waals surface area (Å²) in [5.74, 6) is 0.542. The van der Waals surface area contributed by atoms with Crippen LogP contribution in [0.25, 0.3) is 11.0 Å². The maximum Gasteiger partial charge on any atom is 0.234 e. The number of aromatic nitrogens is 3. The largest absolute Gasteiger partial charge is 0.496 e. The SMILES string of the molecule is COc1cc(Cn2cccn2)cc2onc(NS(=O)(=O)CC3CCN(C(C)=O)CC3)c12. The van der Waals surface area contributed by atoms with Crippen LogP contribution in [0, 0.1) is 5.92 Å². The van der Waals surface area contributed by atoms with Crippen LogP contribution >= 0.6 is 0 Å². The van der Waals surface area contributed by atoms with Gasteiger partial charge in [-0.15, -0.1) is 0 Å². The predicted octanol–water partition coefficient (Wildman–Crippen LogP) is 2.08. The first-order valence-corrected chi connectivity index (χ1v) is 11.7. The number of benzene rings is 1. The molecule has 0 atom stereocenters. The monoisotopic (exact) mass is 447 g/mol. The van der Waals surface area contributed by atoms with E-state index >= 15 is 0 Å². The maximum absolute atomic E-state index is 12.8. The second-order valence-electron chi connectivity index (χ2n) is 7.74. The molecule has 1 amide bonds. The summed E-state index contributed by atoms with van der Waals surface area (Å²) in [6.07, 6.45) is 4.85. The molecule has 1 aliphatic rings. The molecular weight excluding hydrogens is 422 g/mol. The Kier molecular flexibility index (Phi) is 5.86. The third-order valence-corrected chi connectivity index (χ3v) is 6.90. The number of amides is 1. The fraction of sp³-hybridized carbons (Fsp3) is 0.450. The van der Waals surface area contributed by atoms with Gasteiger partial charge < -0.3 is 14.2 Å². The number of piperidine rings is 1. The summed E-state index contributed by atoms with van der Waals surface area (Å²) in [5, 5.41) is 8.60. The lowest BCUT2D eigenvalue weighted by Crippen LogP contribution is -2.39. The van der Waals surface area contributed by atoms with E-state index in [1.54, 1.807) is 21.8 Å². The zero-order chi connectivity index (χ0) is 22.0. The average molecular weight is 448 g/mol. The topological polar surface area (TPSA) is 120 Å². The van der Waals surface area contributed by atoms with Gasteiger partial charge in [-0.3, -0.25) is 14.2 Å². The summed E-state index contributed by atoms with van der Waals surface area (Å²) < 4.78 is 40.7. The molecule has 10 nitrogen and oxygen atoms in total. The second-order valence-corrected chi connectivity index (χ2v) is 9.51. The Hall–Kier alpha value is -3.08. The van der Waals surface area contributed by atoms with Crippen molar-refractivity contribution in [2.24, 2.45) is 5.92 Å². The molecule has 0 unspecified atom stereocenters. The zero-order valence-corrected chi connectivity index (χ0v) is 18.3. The molecular formula is C20H25N5O5S. The van der Waals surface area contributed by atoms with Crippen LogP contribution in [0.2, 0.25) is 0 Å². The van der Waals surface area contributed by atoms with E-state index in [-0.39, 0.29) is 23.4 Å².